The quantitative estimate of drug-likeness (QED) is 0.268. The minimum Gasteiger partial charge on any atom is -0.508 e. The van der Waals surface area contributed by atoms with E-state index in [1.165, 1.54) is 50.4 Å². The van der Waals surface area contributed by atoms with Crippen molar-refractivity contribution in [1.82, 2.24) is 0 Å². The van der Waals surface area contributed by atoms with E-state index in [1.54, 1.807) is 6.92 Å². The van der Waals surface area contributed by atoms with Crippen LogP contribution in [-0.4, -0.2) is 40.7 Å². The van der Waals surface area contributed by atoms with E-state index >= 15 is 0 Å². The normalized spacial score (nSPS) is 10.4. The Balaban J connectivity index is 1.95. The Kier molecular flexibility index (Phi) is 7.06. The van der Waals surface area contributed by atoms with Gasteiger partial charge < -0.3 is 29.5 Å². The van der Waals surface area contributed by atoms with Gasteiger partial charge in [0, 0.05) is 16.7 Å². The number of phenols is 3. The Hall–Kier alpha value is -4.53. The van der Waals surface area contributed by atoms with Gasteiger partial charge in [0.1, 0.15) is 12.0 Å². The smallest absolute Gasteiger partial charge is 0.344 e. The van der Waals surface area contributed by atoms with Crippen LogP contribution in [0.5, 0.6) is 34.5 Å². The predicted octanol–water partition coefficient (Wildman–Crippen LogP) is 3.93. The van der Waals surface area contributed by atoms with E-state index in [1.807, 2.05) is 0 Å². The molecule has 0 aromatic heterocycles. The number of hydrogen-bond donors (Lipinski definition) is 3. The topological polar surface area (TPSA) is 140 Å². The molecule has 0 saturated heterocycles. The lowest BCUT2D eigenvalue weighted by molar-refractivity contribution is 0.0722. The lowest BCUT2D eigenvalue weighted by atomic mass is 10.0. The summed E-state index contributed by atoms with van der Waals surface area (Å²) in [6.45, 7) is 3.16. The van der Waals surface area contributed by atoms with E-state index in [2.05, 4.69) is 0 Å². The van der Waals surface area contributed by atoms with Gasteiger partial charge in [-0.1, -0.05) is 13.0 Å². The van der Waals surface area contributed by atoms with Gasteiger partial charge in [-0.05, 0) is 49.7 Å². The second kappa shape index (κ2) is 9.95. The summed E-state index contributed by atoms with van der Waals surface area (Å²) in [6, 6.07) is 9.48. The van der Waals surface area contributed by atoms with Crippen molar-refractivity contribution >= 4 is 18.2 Å². The van der Waals surface area contributed by atoms with Crippen molar-refractivity contribution in [2.24, 2.45) is 0 Å². The molecule has 0 aliphatic rings. The third kappa shape index (κ3) is 4.63. The maximum atomic E-state index is 12.9. The van der Waals surface area contributed by atoms with E-state index in [0.717, 1.165) is 6.07 Å². The Morgan fingerprint density at radius 3 is 2.26 bits per heavy atom. The van der Waals surface area contributed by atoms with Gasteiger partial charge >= 0.3 is 11.9 Å². The maximum Gasteiger partial charge on any atom is 0.344 e. The number of carbonyl (C=O) groups excluding carboxylic acids is 3. The average Bonchev–Trinajstić information content (AvgIpc) is 2.83. The number of benzene rings is 3. The second-order valence-electron chi connectivity index (χ2n) is 7.21. The molecule has 0 spiro atoms. The highest BCUT2D eigenvalue weighted by atomic mass is 16.6. The number of esters is 2. The summed E-state index contributed by atoms with van der Waals surface area (Å²) in [5, 5.41) is 30.9. The third-order valence-electron chi connectivity index (χ3n) is 5.16. The van der Waals surface area contributed by atoms with Gasteiger partial charge in [-0.2, -0.15) is 0 Å². The van der Waals surface area contributed by atoms with E-state index in [0.29, 0.717) is 11.8 Å². The molecule has 9 heteroatoms. The van der Waals surface area contributed by atoms with Crippen LogP contribution in [-0.2, 0) is 6.42 Å². The van der Waals surface area contributed by atoms with Crippen molar-refractivity contribution in [3.8, 4) is 34.5 Å². The fraction of sp³-hybridized carbons (Fsp3) is 0.160. The van der Waals surface area contributed by atoms with Crippen molar-refractivity contribution in [3.05, 3.63) is 70.3 Å². The first-order valence-electron chi connectivity index (χ1n) is 10.2. The summed E-state index contributed by atoms with van der Waals surface area (Å²) in [5.41, 5.74) is 0.520. The fourth-order valence-electron chi connectivity index (χ4n) is 3.30. The van der Waals surface area contributed by atoms with Crippen LogP contribution in [0.1, 0.15) is 49.1 Å². The van der Waals surface area contributed by atoms with Gasteiger partial charge in [-0.15, -0.1) is 0 Å². The van der Waals surface area contributed by atoms with E-state index in [9.17, 15) is 29.7 Å². The van der Waals surface area contributed by atoms with Gasteiger partial charge in [0.2, 0.25) is 5.75 Å². The van der Waals surface area contributed by atoms with Crippen molar-refractivity contribution < 1.29 is 43.9 Å². The first-order valence-corrected chi connectivity index (χ1v) is 10.2. The van der Waals surface area contributed by atoms with E-state index in [-0.39, 0.29) is 45.9 Å². The van der Waals surface area contributed by atoms with Crippen LogP contribution in [0, 0.1) is 6.92 Å². The Labute approximate surface area is 194 Å². The van der Waals surface area contributed by atoms with Crippen LogP contribution in [0.4, 0.5) is 0 Å². The number of aromatic hydroxyl groups is 3. The summed E-state index contributed by atoms with van der Waals surface area (Å²) in [6.07, 6.45) is 0.741. The monoisotopic (exact) mass is 466 g/mol. The van der Waals surface area contributed by atoms with Gasteiger partial charge in [0.05, 0.1) is 18.2 Å². The van der Waals surface area contributed by atoms with E-state index < -0.39 is 29.2 Å². The lowest BCUT2D eigenvalue weighted by Crippen LogP contribution is -2.14. The molecule has 0 fully saturated rings. The number of ether oxygens (including phenoxy) is 3. The summed E-state index contributed by atoms with van der Waals surface area (Å²) >= 11 is 0. The molecule has 176 valence electrons. The minimum absolute atomic E-state index is 0.0222. The highest BCUT2D eigenvalue weighted by Crippen LogP contribution is 2.42. The molecule has 3 rings (SSSR count). The van der Waals surface area contributed by atoms with Gasteiger partial charge in [-0.25, -0.2) is 9.59 Å². The Bertz CT molecular complexity index is 1280. The number of phenolic OH excluding ortho intramolecular Hbond substituents is 3. The number of aldehydes is 1. The van der Waals surface area contributed by atoms with E-state index in [4.69, 9.17) is 14.2 Å². The Morgan fingerprint density at radius 2 is 1.62 bits per heavy atom. The zero-order valence-electron chi connectivity index (χ0n) is 18.6. The molecule has 0 bridgehead atoms. The molecule has 0 atom stereocenters. The molecule has 0 saturated carbocycles. The largest absolute Gasteiger partial charge is 0.508 e. The van der Waals surface area contributed by atoms with Crippen molar-refractivity contribution in [1.29, 1.82) is 0 Å². The zero-order chi connectivity index (χ0) is 25.0. The SMILES string of the molecule is CCc1c(C(=O)Oc2ccc(C=O)cc2OC)cc(O)c(OC(=O)c2cccc(O)c2C)c1O. The van der Waals surface area contributed by atoms with Crippen molar-refractivity contribution in [2.45, 2.75) is 20.3 Å². The second-order valence-corrected chi connectivity index (χ2v) is 7.21. The molecule has 0 radical (unpaired) electrons. The molecule has 0 amide bonds. The molecule has 3 aromatic rings. The van der Waals surface area contributed by atoms with Crippen LogP contribution in [0.3, 0.4) is 0 Å². The molecule has 34 heavy (non-hydrogen) atoms. The number of hydrogen-bond acceptors (Lipinski definition) is 9. The van der Waals surface area contributed by atoms with Crippen LogP contribution in [0.2, 0.25) is 0 Å². The van der Waals surface area contributed by atoms with Crippen molar-refractivity contribution in [3.63, 3.8) is 0 Å². The van der Waals surface area contributed by atoms with Crippen LogP contribution in [0.15, 0.2) is 42.5 Å². The molecule has 0 heterocycles. The average molecular weight is 466 g/mol. The first-order chi connectivity index (χ1) is 16.2. The van der Waals surface area contributed by atoms with Gasteiger partial charge in [0.25, 0.3) is 0 Å². The van der Waals surface area contributed by atoms with Gasteiger partial charge in [0.15, 0.2) is 23.0 Å². The highest BCUT2D eigenvalue weighted by Gasteiger charge is 2.26. The lowest BCUT2D eigenvalue weighted by Gasteiger charge is -2.16. The summed E-state index contributed by atoms with van der Waals surface area (Å²) in [5.74, 6) is -3.61. The summed E-state index contributed by atoms with van der Waals surface area (Å²) in [7, 11) is 1.34. The molecule has 3 N–H and O–H groups in total. The predicted molar refractivity (Wildman–Crippen MR) is 120 cm³/mol. The van der Waals surface area contributed by atoms with Crippen LogP contribution in [0.25, 0.3) is 0 Å². The molecular weight excluding hydrogens is 444 g/mol. The van der Waals surface area contributed by atoms with Gasteiger partial charge in [-0.3, -0.25) is 4.79 Å². The molecular formula is C25H22O9. The first kappa shape index (κ1) is 24.1. The minimum atomic E-state index is -0.920. The maximum absolute atomic E-state index is 12.9. The van der Waals surface area contributed by atoms with Crippen LogP contribution >= 0.6 is 0 Å². The van der Waals surface area contributed by atoms with Crippen LogP contribution < -0.4 is 14.2 Å². The molecule has 3 aromatic carbocycles. The Morgan fingerprint density at radius 1 is 0.912 bits per heavy atom. The molecule has 9 nitrogen and oxygen atoms in total. The summed E-state index contributed by atoms with van der Waals surface area (Å²) in [4.78, 5) is 36.4. The molecule has 0 unspecified atom stereocenters. The molecule has 0 aliphatic heterocycles. The van der Waals surface area contributed by atoms with Crippen molar-refractivity contribution in [2.75, 3.05) is 7.11 Å². The standard InChI is InChI=1S/C25H22O9/c1-4-15-17(25(31)33-20-9-8-14(12-26)10-21(20)32-3)11-19(28)23(22(15)29)34-24(30)16-6-5-7-18(27)13(16)2/h5-12,27-29H,4H2,1-3H3. The summed E-state index contributed by atoms with van der Waals surface area (Å²) < 4.78 is 15.7. The molecule has 0 aliphatic carbocycles. The number of rotatable bonds is 7. The zero-order valence-corrected chi connectivity index (χ0v) is 18.6. The fourth-order valence-corrected chi connectivity index (χ4v) is 3.30. The highest BCUT2D eigenvalue weighted by molar-refractivity contribution is 5.97. The number of carbonyl (C=O) groups is 3. The third-order valence-corrected chi connectivity index (χ3v) is 5.16. The number of methoxy groups -OCH3 is 1.